The maximum atomic E-state index is 13.9. The van der Waals surface area contributed by atoms with Gasteiger partial charge in [-0.05, 0) is 69.9 Å². The van der Waals surface area contributed by atoms with Crippen molar-refractivity contribution < 1.29 is 55.8 Å². The molecule has 0 radical (unpaired) electrons. The fourth-order valence-electron chi connectivity index (χ4n) is 7.87. The molecule has 1 aliphatic rings. The van der Waals surface area contributed by atoms with Gasteiger partial charge in [-0.3, -0.25) is 14.1 Å². The predicted molar refractivity (Wildman–Crippen MR) is 245 cm³/mol. The number of quaternary nitrogens is 1. The number of likely N-dealkylation sites (N-methyl/N-ethyl adjacent to an activating group) is 1. The molecule has 2 aromatic carbocycles. The first-order valence-electron chi connectivity index (χ1n) is 21.8. The molecule has 16 heteroatoms. The first kappa shape index (κ1) is 50.3. The summed E-state index contributed by atoms with van der Waals surface area (Å²) in [5.74, 6) is -2.31. The highest BCUT2D eigenvalue weighted by Gasteiger charge is 2.45. The van der Waals surface area contributed by atoms with Crippen molar-refractivity contribution in [2.45, 2.75) is 115 Å². The molecule has 1 aliphatic heterocycles. The summed E-state index contributed by atoms with van der Waals surface area (Å²) in [6.45, 7) is 10.4. The highest BCUT2D eigenvalue weighted by atomic mass is 32.2. The van der Waals surface area contributed by atoms with Crippen LogP contribution in [0.5, 0.6) is 5.95 Å². The number of carboxylic acids is 2. The van der Waals surface area contributed by atoms with Crippen LogP contribution in [0.4, 0.5) is 11.4 Å². The molecule has 0 saturated carbocycles. The van der Waals surface area contributed by atoms with Crippen LogP contribution in [0.1, 0.15) is 116 Å². The number of allylic oxidation sites excluding steroid dienone is 1. The monoisotopic (exact) mass is 895 g/mol. The lowest BCUT2D eigenvalue weighted by molar-refractivity contribution is -0.862. The van der Waals surface area contributed by atoms with Gasteiger partial charge in [0.05, 0.1) is 36.8 Å². The van der Waals surface area contributed by atoms with E-state index in [1.807, 2.05) is 45.6 Å². The van der Waals surface area contributed by atoms with Gasteiger partial charge in [0.2, 0.25) is 11.1 Å². The average molecular weight is 896 g/mol. The van der Waals surface area contributed by atoms with E-state index in [1.165, 1.54) is 31.1 Å². The van der Waals surface area contributed by atoms with Crippen LogP contribution in [-0.2, 0) is 25.1 Å². The molecule has 0 amide bonds. The van der Waals surface area contributed by atoms with Gasteiger partial charge >= 0.3 is 17.6 Å². The van der Waals surface area contributed by atoms with Crippen molar-refractivity contribution in [2.75, 3.05) is 52.2 Å². The van der Waals surface area contributed by atoms with E-state index in [1.54, 1.807) is 24.3 Å². The summed E-state index contributed by atoms with van der Waals surface area (Å²) in [6.07, 6.45) is 13.7. The Hall–Kier alpha value is -5.32. The van der Waals surface area contributed by atoms with Crippen molar-refractivity contribution in [3.63, 3.8) is 0 Å². The van der Waals surface area contributed by atoms with Crippen LogP contribution in [0.2, 0.25) is 0 Å². The molecule has 0 bridgehead atoms. The number of aromatic hydroxyl groups is 1. The summed E-state index contributed by atoms with van der Waals surface area (Å²) < 4.78 is 47.8. The highest BCUT2D eigenvalue weighted by Crippen LogP contribution is 2.42. The third-order valence-electron chi connectivity index (χ3n) is 11.1. The maximum absolute atomic E-state index is 13.9. The number of nitrogens with zero attached hydrogens (tertiary/aromatic N) is 3. The number of anilines is 1. The standard InChI is InChI=1S/C42H52N2O10S.C5H11NO2/c1-5-7-9-13-23-43(24-14-10-8-6-2)28-17-19-30-34(26-28)53-41(49)37-38(47)31(40(48)54-39(30)37)20-22-35-42(3,4)32-27-29(55(50,51)52)18-21-33(32)44(35)25-15-11-12-16-36(45)46;1-6(2,3)4-5(7)8/h17-22,26-27H,5-16,23-25H2,1-4H3,(H2,45,46,50,51,52);4H2,1-3H3/p+2. The van der Waals surface area contributed by atoms with Crippen molar-refractivity contribution in [3.05, 3.63) is 74.2 Å². The first-order chi connectivity index (χ1) is 29.6. The minimum absolute atomic E-state index is 0.0361. The summed E-state index contributed by atoms with van der Waals surface area (Å²) >= 11 is 0. The van der Waals surface area contributed by atoms with Gasteiger partial charge in [-0.25, -0.2) is 9.59 Å². The fourth-order valence-corrected chi connectivity index (χ4v) is 8.37. The van der Waals surface area contributed by atoms with Crippen LogP contribution < -0.4 is 16.0 Å². The Morgan fingerprint density at radius 1 is 0.825 bits per heavy atom. The summed E-state index contributed by atoms with van der Waals surface area (Å²) in [5.41, 5.74) is 0.239. The van der Waals surface area contributed by atoms with Crippen molar-refractivity contribution in [3.8, 4) is 5.95 Å². The van der Waals surface area contributed by atoms with Crippen LogP contribution in [0.25, 0.3) is 28.0 Å². The molecule has 4 aromatic rings. The molecule has 63 heavy (non-hydrogen) atoms. The van der Waals surface area contributed by atoms with E-state index >= 15 is 0 Å². The van der Waals surface area contributed by atoms with E-state index in [9.17, 15) is 37.3 Å². The number of carboxylic acid groups (broad SMARTS) is 2. The van der Waals surface area contributed by atoms with Crippen molar-refractivity contribution >= 4 is 67.2 Å². The zero-order valence-corrected chi connectivity index (χ0v) is 38.6. The molecule has 4 N–H and O–H groups in total. The van der Waals surface area contributed by atoms with Crippen LogP contribution >= 0.6 is 0 Å². The summed E-state index contributed by atoms with van der Waals surface area (Å²) in [6, 6.07) is 9.78. The van der Waals surface area contributed by atoms with Gasteiger partial charge in [-0.2, -0.15) is 13.0 Å². The third kappa shape index (κ3) is 13.3. The molecule has 0 atom stereocenters. The summed E-state index contributed by atoms with van der Waals surface area (Å²) in [7, 11) is 1.03. The van der Waals surface area contributed by atoms with Crippen LogP contribution in [-0.4, -0.2) is 102 Å². The molecule has 0 aliphatic carbocycles. The van der Waals surface area contributed by atoms with E-state index < -0.39 is 44.5 Å². The van der Waals surface area contributed by atoms with Gasteiger partial charge in [-0.15, -0.1) is 0 Å². The second kappa shape index (κ2) is 21.8. The number of aliphatic carboxylic acids is 2. The molecule has 3 heterocycles. The van der Waals surface area contributed by atoms with E-state index in [-0.39, 0.29) is 40.0 Å². The smallest absolute Gasteiger partial charge is 0.359 e. The normalized spacial score (nSPS) is 13.7. The van der Waals surface area contributed by atoms with Gasteiger partial charge in [0.1, 0.15) is 17.7 Å². The van der Waals surface area contributed by atoms with Gasteiger partial charge in [0, 0.05) is 55.4 Å². The van der Waals surface area contributed by atoms with Crippen molar-refractivity contribution in [2.24, 2.45) is 0 Å². The molecule has 0 saturated heterocycles. The quantitative estimate of drug-likeness (QED) is 0.0146. The minimum atomic E-state index is -4.50. The van der Waals surface area contributed by atoms with Crippen LogP contribution in [0.15, 0.2) is 65.8 Å². The van der Waals surface area contributed by atoms with E-state index in [0.29, 0.717) is 52.6 Å². The third-order valence-corrected chi connectivity index (χ3v) is 12.0. The minimum Gasteiger partial charge on any atom is -0.481 e. The van der Waals surface area contributed by atoms with Gasteiger partial charge in [0.25, 0.3) is 16.1 Å². The van der Waals surface area contributed by atoms with Gasteiger partial charge in [0.15, 0.2) is 23.2 Å². The van der Waals surface area contributed by atoms with Crippen molar-refractivity contribution in [1.29, 1.82) is 0 Å². The SMILES string of the molecule is CCCCCCN(CCCCCC)c1ccc2c(c1)oc(=O)c1c(=O)c(/C=C/C3=[N+](CCCCCC(=O)O)c4ccc(S(=O)(=O)O)cc4C3(C)C)c(O)oc12.C[N+](C)(C)CC(=O)O. The Bertz CT molecular complexity index is 2550. The van der Waals surface area contributed by atoms with E-state index in [2.05, 4.69) is 18.7 Å². The Morgan fingerprint density at radius 2 is 1.46 bits per heavy atom. The molecule has 344 valence electrons. The van der Waals surface area contributed by atoms with Crippen LogP contribution in [0.3, 0.4) is 0 Å². The van der Waals surface area contributed by atoms with Crippen LogP contribution in [0, 0.1) is 0 Å². The van der Waals surface area contributed by atoms with E-state index in [0.717, 1.165) is 57.3 Å². The van der Waals surface area contributed by atoms with Crippen molar-refractivity contribution in [1.82, 2.24) is 0 Å². The first-order valence-corrected chi connectivity index (χ1v) is 23.2. The molecule has 0 fully saturated rings. The predicted octanol–water partition coefficient (Wildman–Crippen LogP) is 8.33. The topological polar surface area (TPSA) is 216 Å². The second-order valence-corrected chi connectivity index (χ2v) is 19.1. The Labute approximate surface area is 369 Å². The second-order valence-electron chi connectivity index (χ2n) is 17.7. The lowest BCUT2D eigenvalue weighted by Crippen LogP contribution is -2.39. The molecule has 15 nitrogen and oxygen atoms in total. The molecule has 2 aromatic heterocycles. The number of carbonyl (C=O) groups is 2. The average Bonchev–Trinajstić information content (AvgIpc) is 3.39. The summed E-state index contributed by atoms with van der Waals surface area (Å²) in [4.78, 5) is 50.5. The Kier molecular flexibility index (Phi) is 17.5. The van der Waals surface area contributed by atoms with Gasteiger partial charge in [-0.1, -0.05) is 52.4 Å². The van der Waals surface area contributed by atoms with E-state index in [4.69, 9.17) is 19.0 Å². The molecule has 5 rings (SSSR count). The number of hydrogen-bond acceptors (Lipinski definition) is 10. The highest BCUT2D eigenvalue weighted by molar-refractivity contribution is 7.85. The molecule has 0 unspecified atom stereocenters. The molecular formula is C47H65N3O12S+2. The number of hydrogen-bond donors (Lipinski definition) is 4. The van der Waals surface area contributed by atoms with Gasteiger partial charge < -0.3 is 33.5 Å². The summed E-state index contributed by atoms with van der Waals surface area (Å²) in [5, 5.41) is 28.5. The number of fused-ring (bicyclic) bond motifs is 4. The maximum Gasteiger partial charge on any atom is 0.359 e. The number of rotatable bonds is 22. The Balaban J connectivity index is 0.000000990. The Morgan fingerprint density at radius 3 is 2.02 bits per heavy atom. The molecular weight excluding hydrogens is 831 g/mol. The number of unbranched alkanes of at least 4 members (excludes halogenated alkanes) is 8. The zero-order valence-electron chi connectivity index (χ0n) is 37.7. The lowest BCUT2D eigenvalue weighted by atomic mass is 9.81. The largest absolute Gasteiger partial charge is 0.481 e. The molecule has 0 spiro atoms. The zero-order chi connectivity index (χ0) is 46.7. The number of benzene rings is 2. The lowest BCUT2D eigenvalue weighted by Gasteiger charge is -2.25. The fraction of sp³-hybridized carbons (Fsp3) is 0.511.